The molecule has 0 aromatic heterocycles. The number of hydrogen-bond acceptors (Lipinski definition) is 4. The first kappa shape index (κ1) is 15.4. The number of benzene rings is 2. The Labute approximate surface area is 127 Å². The molecule has 6 nitrogen and oxygen atoms in total. The van der Waals surface area contributed by atoms with Gasteiger partial charge in [0.05, 0.1) is 17.7 Å². The van der Waals surface area contributed by atoms with Gasteiger partial charge in [0.15, 0.2) is 0 Å². The predicted molar refractivity (Wildman–Crippen MR) is 80.7 cm³/mol. The Hall–Kier alpha value is -3.02. The molecule has 2 rings (SSSR count). The van der Waals surface area contributed by atoms with Crippen LogP contribution in [0.1, 0.15) is 27.6 Å². The zero-order valence-electron chi connectivity index (χ0n) is 12.0. The second-order valence-electron chi connectivity index (χ2n) is 4.35. The standard InChI is InChI=1S/C16H16N2O4/c1-2-22-14-10-6-4-8-12(14)16(21)18-17-15(20)11-7-3-5-9-13(11)19/h3-10,19H,2H2,1H3,(H,17,20)(H,18,21). The first-order valence-electron chi connectivity index (χ1n) is 6.74. The van der Waals surface area contributed by atoms with E-state index in [9.17, 15) is 14.7 Å². The molecule has 2 aromatic rings. The largest absolute Gasteiger partial charge is 0.507 e. The average Bonchev–Trinajstić information content (AvgIpc) is 2.53. The van der Waals surface area contributed by atoms with Gasteiger partial charge >= 0.3 is 0 Å². The van der Waals surface area contributed by atoms with Crippen molar-refractivity contribution < 1.29 is 19.4 Å². The maximum absolute atomic E-state index is 12.1. The van der Waals surface area contributed by atoms with Crippen LogP contribution >= 0.6 is 0 Å². The number of aromatic hydroxyl groups is 1. The number of carbonyl (C=O) groups is 2. The van der Waals surface area contributed by atoms with E-state index in [2.05, 4.69) is 10.9 Å². The van der Waals surface area contributed by atoms with E-state index in [-0.39, 0.29) is 11.3 Å². The molecular weight excluding hydrogens is 284 g/mol. The Morgan fingerprint density at radius 1 is 0.955 bits per heavy atom. The van der Waals surface area contributed by atoms with Crippen LogP contribution < -0.4 is 15.6 Å². The molecule has 0 heterocycles. The normalized spacial score (nSPS) is 9.86. The highest BCUT2D eigenvalue weighted by atomic mass is 16.5. The third kappa shape index (κ3) is 3.54. The Morgan fingerprint density at radius 3 is 2.14 bits per heavy atom. The maximum atomic E-state index is 12.1. The molecule has 6 heteroatoms. The van der Waals surface area contributed by atoms with Crippen molar-refractivity contribution >= 4 is 11.8 Å². The maximum Gasteiger partial charge on any atom is 0.273 e. The van der Waals surface area contributed by atoms with Crippen LogP contribution in [0.25, 0.3) is 0 Å². The molecule has 22 heavy (non-hydrogen) atoms. The summed E-state index contributed by atoms with van der Waals surface area (Å²) in [6, 6.07) is 12.8. The summed E-state index contributed by atoms with van der Waals surface area (Å²) in [5.41, 5.74) is 4.92. The highest BCUT2D eigenvalue weighted by Gasteiger charge is 2.14. The topological polar surface area (TPSA) is 87.7 Å². The summed E-state index contributed by atoms with van der Waals surface area (Å²) in [4.78, 5) is 24.0. The van der Waals surface area contributed by atoms with Gasteiger partial charge in [-0.1, -0.05) is 24.3 Å². The molecule has 0 fully saturated rings. The van der Waals surface area contributed by atoms with Crippen LogP contribution in [0.2, 0.25) is 0 Å². The number of carbonyl (C=O) groups excluding carboxylic acids is 2. The van der Waals surface area contributed by atoms with Crippen molar-refractivity contribution in [3.05, 3.63) is 59.7 Å². The Kier molecular flexibility index (Phi) is 4.98. The minimum Gasteiger partial charge on any atom is -0.507 e. The number of phenols is 1. The zero-order valence-corrected chi connectivity index (χ0v) is 12.0. The minimum atomic E-state index is -0.611. The molecule has 0 unspecified atom stereocenters. The van der Waals surface area contributed by atoms with Gasteiger partial charge < -0.3 is 9.84 Å². The molecule has 0 aliphatic carbocycles. The third-order valence-electron chi connectivity index (χ3n) is 2.87. The van der Waals surface area contributed by atoms with E-state index in [1.54, 1.807) is 36.4 Å². The van der Waals surface area contributed by atoms with Gasteiger partial charge in [-0.25, -0.2) is 0 Å². The van der Waals surface area contributed by atoms with Crippen molar-refractivity contribution in [2.45, 2.75) is 6.92 Å². The summed E-state index contributed by atoms with van der Waals surface area (Å²) in [7, 11) is 0. The second kappa shape index (κ2) is 7.12. The van der Waals surface area contributed by atoms with Gasteiger partial charge in [0.25, 0.3) is 11.8 Å². The summed E-state index contributed by atoms with van der Waals surface area (Å²) in [6.45, 7) is 2.24. The van der Waals surface area contributed by atoms with Gasteiger partial charge in [-0.05, 0) is 31.2 Å². The fraction of sp³-hybridized carbons (Fsp3) is 0.125. The zero-order chi connectivity index (χ0) is 15.9. The lowest BCUT2D eigenvalue weighted by atomic mass is 10.2. The number of ether oxygens (including phenoxy) is 1. The van der Waals surface area contributed by atoms with Crippen LogP contribution in [-0.2, 0) is 0 Å². The van der Waals surface area contributed by atoms with E-state index in [1.807, 2.05) is 6.92 Å². The molecule has 114 valence electrons. The van der Waals surface area contributed by atoms with Gasteiger partial charge in [-0.2, -0.15) is 0 Å². The van der Waals surface area contributed by atoms with Gasteiger partial charge in [0.2, 0.25) is 0 Å². The number of nitrogens with one attached hydrogen (secondary N) is 2. The van der Waals surface area contributed by atoms with Crippen LogP contribution in [0.15, 0.2) is 48.5 Å². The lowest BCUT2D eigenvalue weighted by Gasteiger charge is -2.11. The van der Waals surface area contributed by atoms with Crippen LogP contribution in [-0.4, -0.2) is 23.5 Å². The Morgan fingerprint density at radius 2 is 1.50 bits per heavy atom. The minimum absolute atomic E-state index is 0.0703. The number of rotatable bonds is 4. The highest BCUT2D eigenvalue weighted by Crippen LogP contribution is 2.18. The summed E-state index contributed by atoms with van der Waals surface area (Å²) >= 11 is 0. The molecule has 0 bridgehead atoms. The van der Waals surface area contributed by atoms with Crippen molar-refractivity contribution in [3.63, 3.8) is 0 Å². The predicted octanol–water partition coefficient (Wildman–Crippen LogP) is 1.87. The van der Waals surface area contributed by atoms with Gasteiger partial charge in [-0.3, -0.25) is 20.4 Å². The van der Waals surface area contributed by atoms with Crippen LogP contribution in [0.5, 0.6) is 11.5 Å². The third-order valence-corrected chi connectivity index (χ3v) is 2.87. The first-order valence-corrected chi connectivity index (χ1v) is 6.74. The van der Waals surface area contributed by atoms with Crippen molar-refractivity contribution in [1.29, 1.82) is 0 Å². The Bertz CT molecular complexity index is 685. The van der Waals surface area contributed by atoms with Crippen LogP contribution in [0.3, 0.4) is 0 Å². The quantitative estimate of drug-likeness (QED) is 0.752. The van der Waals surface area contributed by atoms with E-state index in [0.717, 1.165) is 0 Å². The monoisotopic (exact) mass is 300 g/mol. The summed E-state index contributed by atoms with van der Waals surface area (Å²) < 4.78 is 5.36. The molecule has 0 aliphatic rings. The first-order chi connectivity index (χ1) is 10.6. The molecule has 2 aromatic carbocycles. The molecule has 0 saturated heterocycles. The van der Waals surface area contributed by atoms with E-state index in [0.29, 0.717) is 17.9 Å². The van der Waals surface area contributed by atoms with E-state index in [1.165, 1.54) is 12.1 Å². The molecule has 0 radical (unpaired) electrons. The number of phenolic OH excluding ortho intramolecular Hbond substituents is 1. The second-order valence-corrected chi connectivity index (χ2v) is 4.35. The molecular formula is C16H16N2O4. The van der Waals surface area contributed by atoms with Gasteiger partial charge in [0.1, 0.15) is 11.5 Å². The lowest BCUT2D eigenvalue weighted by Crippen LogP contribution is -2.41. The number of amides is 2. The fourth-order valence-corrected chi connectivity index (χ4v) is 1.85. The van der Waals surface area contributed by atoms with Crippen molar-refractivity contribution in [3.8, 4) is 11.5 Å². The molecule has 0 spiro atoms. The van der Waals surface area contributed by atoms with Crippen molar-refractivity contribution in [2.75, 3.05) is 6.61 Å². The fourth-order valence-electron chi connectivity index (χ4n) is 1.85. The van der Waals surface area contributed by atoms with E-state index in [4.69, 9.17) is 4.74 Å². The average molecular weight is 300 g/mol. The summed E-state index contributed by atoms with van der Waals surface area (Å²) in [6.07, 6.45) is 0. The number of hydrogen-bond donors (Lipinski definition) is 3. The lowest BCUT2D eigenvalue weighted by molar-refractivity contribution is 0.0843. The SMILES string of the molecule is CCOc1ccccc1C(=O)NNC(=O)c1ccccc1O. The molecule has 0 saturated carbocycles. The van der Waals surface area contributed by atoms with Gasteiger partial charge in [0, 0.05) is 0 Å². The summed E-state index contributed by atoms with van der Waals surface area (Å²) in [5.74, 6) is -0.851. The van der Waals surface area contributed by atoms with Crippen LogP contribution in [0, 0.1) is 0 Å². The molecule has 0 aliphatic heterocycles. The number of hydrazine groups is 1. The Balaban J connectivity index is 2.04. The highest BCUT2D eigenvalue weighted by molar-refractivity contribution is 6.01. The van der Waals surface area contributed by atoms with Gasteiger partial charge in [-0.15, -0.1) is 0 Å². The van der Waals surface area contributed by atoms with E-state index < -0.39 is 11.8 Å². The van der Waals surface area contributed by atoms with E-state index >= 15 is 0 Å². The van der Waals surface area contributed by atoms with Crippen molar-refractivity contribution in [1.82, 2.24) is 10.9 Å². The number of para-hydroxylation sites is 2. The smallest absolute Gasteiger partial charge is 0.273 e. The summed E-state index contributed by atoms with van der Waals surface area (Å²) in [5, 5.41) is 9.58. The van der Waals surface area contributed by atoms with Crippen molar-refractivity contribution in [2.24, 2.45) is 0 Å². The molecule has 0 atom stereocenters. The molecule has 2 amide bonds. The van der Waals surface area contributed by atoms with Crippen LogP contribution in [0.4, 0.5) is 0 Å². The molecule has 3 N–H and O–H groups in total.